The van der Waals surface area contributed by atoms with E-state index < -0.39 is 6.04 Å². The van der Waals surface area contributed by atoms with E-state index in [4.69, 9.17) is 9.57 Å². The molecule has 138 valence electrons. The number of hydroxylamine groups is 1. The number of rotatable bonds is 6. The molecular weight excluding hydrogens is 356 g/mol. The first-order valence-corrected chi connectivity index (χ1v) is 8.17. The lowest BCUT2D eigenvalue weighted by molar-refractivity contribution is -0.147. The van der Waals surface area contributed by atoms with Crippen LogP contribution in [0, 0.1) is 0 Å². The lowest BCUT2D eigenvalue weighted by Gasteiger charge is -2.12. The van der Waals surface area contributed by atoms with Crippen molar-refractivity contribution in [1.29, 1.82) is 0 Å². The monoisotopic (exact) mass is 376 g/mol. The van der Waals surface area contributed by atoms with Crippen molar-refractivity contribution in [2.24, 2.45) is 0 Å². The van der Waals surface area contributed by atoms with Crippen molar-refractivity contribution in [2.75, 3.05) is 6.54 Å². The Bertz CT molecular complexity index is 712. The molecule has 0 radical (unpaired) electrons. The molecule has 0 aliphatic carbocycles. The summed E-state index contributed by atoms with van der Waals surface area (Å²) in [5.41, 5.74) is 3.89. The number of amides is 1. The maximum Gasteiger partial charge on any atom is 0.323 e. The predicted octanol–water partition coefficient (Wildman–Crippen LogP) is 2.24. The van der Waals surface area contributed by atoms with Gasteiger partial charge < -0.3 is 10.1 Å². The second-order valence-electron chi connectivity index (χ2n) is 5.83. The van der Waals surface area contributed by atoms with Gasteiger partial charge in [0.25, 0.3) is 5.91 Å². The number of esters is 1. The van der Waals surface area contributed by atoms with Gasteiger partial charge in [0.05, 0.1) is 6.10 Å². The Morgan fingerprint density at radius 3 is 2.38 bits per heavy atom. The van der Waals surface area contributed by atoms with Crippen LogP contribution < -0.4 is 10.8 Å². The van der Waals surface area contributed by atoms with Gasteiger partial charge in [0.15, 0.2) is 0 Å². The van der Waals surface area contributed by atoms with Gasteiger partial charge in [-0.05, 0) is 17.7 Å². The lowest BCUT2D eigenvalue weighted by atomic mass is 10.2. The highest BCUT2D eigenvalue weighted by atomic mass is 35.5. The van der Waals surface area contributed by atoms with Crippen molar-refractivity contribution in [3.63, 3.8) is 0 Å². The molecule has 1 saturated heterocycles. The summed E-state index contributed by atoms with van der Waals surface area (Å²) in [5, 5.41) is 3.06. The Balaban J connectivity index is 0.00000243. The summed E-state index contributed by atoms with van der Waals surface area (Å²) in [5.74, 6) is -0.625. The SMILES string of the molecule is Cl.O=C(NO[C@H]1CN[C@H](C(=O)OCc2ccccc2)C1)c1ccccc1. The normalized spacial score (nSPS) is 18.6. The van der Waals surface area contributed by atoms with Crippen molar-refractivity contribution in [2.45, 2.75) is 25.2 Å². The molecule has 2 N–H and O–H groups in total. The summed E-state index contributed by atoms with van der Waals surface area (Å²) in [6.45, 7) is 0.717. The quantitative estimate of drug-likeness (QED) is 0.597. The third kappa shape index (κ3) is 5.56. The van der Waals surface area contributed by atoms with Crippen molar-refractivity contribution in [3.05, 3.63) is 71.8 Å². The van der Waals surface area contributed by atoms with E-state index in [1.165, 1.54) is 0 Å². The van der Waals surface area contributed by atoms with Gasteiger partial charge in [0, 0.05) is 18.5 Å². The fraction of sp³-hybridized carbons (Fsp3) is 0.263. The van der Waals surface area contributed by atoms with Crippen LogP contribution in [-0.4, -0.2) is 30.6 Å². The molecule has 1 heterocycles. The van der Waals surface area contributed by atoms with Crippen LogP contribution in [0.25, 0.3) is 0 Å². The number of carbonyl (C=O) groups is 2. The number of hydrogen-bond donors (Lipinski definition) is 2. The summed E-state index contributed by atoms with van der Waals surface area (Å²) < 4.78 is 5.31. The molecule has 1 aliphatic rings. The second kappa shape index (κ2) is 9.91. The van der Waals surface area contributed by atoms with Crippen LogP contribution >= 0.6 is 12.4 Å². The van der Waals surface area contributed by atoms with E-state index in [1.807, 2.05) is 36.4 Å². The fourth-order valence-electron chi connectivity index (χ4n) is 2.59. The topological polar surface area (TPSA) is 76.7 Å². The highest BCUT2D eigenvalue weighted by molar-refractivity contribution is 5.93. The molecular formula is C19H21ClN2O4. The molecule has 6 nitrogen and oxygen atoms in total. The summed E-state index contributed by atoms with van der Waals surface area (Å²) in [6.07, 6.45) is 0.171. The van der Waals surface area contributed by atoms with Crippen molar-refractivity contribution in [1.82, 2.24) is 10.8 Å². The molecule has 2 atom stereocenters. The summed E-state index contributed by atoms with van der Waals surface area (Å²) >= 11 is 0. The Morgan fingerprint density at radius 2 is 1.69 bits per heavy atom. The summed E-state index contributed by atoms with van der Waals surface area (Å²) in [6, 6.07) is 17.9. The molecule has 3 rings (SSSR count). The standard InChI is InChI=1S/C19H20N2O4.ClH/c22-18(15-9-5-2-6-10-15)21-25-16-11-17(20-12-16)19(23)24-13-14-7-3-1-4-8-14;/h1-10,16-17,20H,11-13H2,(H,21,22);1H/t16-,17+;/m1./s1. The third-order valence-electron chi connectivity index (χ3n) is 3.95. The van der Waals surface area contributed by atoms with Crippen molar-refractivity contribution >= 4 is 24.3 Å². The van der Waals surface area contributed by atoms with Gasteiger partial charge in [-0.1, -0.05) is 48.5 Å². The number of ether oxygens (including phenoxy) is 1. The molecule has 26 heavy (non-hydrogen) atoms. The summed E-state index contributed by atoms with van der Waals surface area (Å²) in [7, 11) is 0. The van der Waals surface area contributed by atoms with Gasteiger partial charge in [-0.2, -0.15) is 0 Å². The van der Waals surface area contributed by atoms with Crippen molar-refractivity contribution < 1.29 is 19.2 Å². The van der Waals surface area contributed by atoms with E-state index in [0.717, 1.165) is 5.56 Å². The van der Waals surface area contributed by atoms with E-state index in [9.17, 15) is 9.59 Å². The molecule has 2 aromatic rings. The molecule has 0 aromatic heterocycles. The van der Waals surface area contributed by atoms with E-state index in [-0.39, 0.29) is 37.0 Å². The van der Waals surface area contributed by atoms with Crippen LogP contribution in [0.2, 0.25) is 0 Å². The van der Waals surface area contributed by atoms with Gasteiger partial charge in [0.2, 0.25) is 0 Å². The first-order chi connectivity index (χ1) is 12.2. The number of nitrogens with one attached hydrogen (secondary N) is 2. The minimum Gasteiger partial charge on any atom is -0.460 e. The van der Waals surface area contributed by atoms with E-state index in [2.05, 4.69) is 10.8 Å². The average molecular weight is 377 g/mol. The zero-order chi connectivity index (χ0) is 17.5. The molecule has 1 amide bonds. The van der Waals surface area contributed by atoms with E-state index in [1.54, 1.807) is 24.3 Å². The number of halogens is 1. The fourth-order valence-corrected chi connectivity index (χ4v) is 2.59. The Hall–Kier alpha value is -2.41. The first-order valence-electron chi connectivity index (χ1n) is 8.17. The van der Waals surface area contributed by atoms with Crippen LogP contribution in [0.5, 0.6) is 0 Å². The molecule has 1 aliphatic heterocycles. The molecule has 0 bridgehead atoms. The first kappa shape index (κ1) is 19.9. The molecule has 7 heteroatoms. The number of carbonyl (C=O) groups excluding carboxylic acids is 2. The Kier molecular flexibility index (Phi) is 7.59. The average Bonchev–Trinajstić information content (AvgIpc) is 3.15. The van der Waals surface area contributed by atoms with Crippen LogP contribution in [0.3, 0.4) is 0 Å². The largest absolute Gasteiger partial charge is 0.460 e. The van der Waals surface area contributed by atoms with Gasteiger partial charge in [-0.15, -0.1) is 12.4 Å². The van der Waals surface area contributed by atoms with Gasteiger partial charge >= 0.3 is 5.97 Å². The van der Waals surface area contributed by atoms with Crippen LogP contribution in [0.15, 0.2) is 60.7 Å². The van der Waals surface area contributed by atoms with E-state index >= 15 is 0 Å². The van der Waals surface area contributed by atoms with Gasteiger partial charge in [0.1, 0.15) is 12.6 Å². The Labute approximate surface area is 158 Å². The maximum absolute atomic E-state index is 12.1. The third-order valence-corrected chi connectivity index (χ3v) is 3.95. The highest BCUT2D eigenvalue weighted by Crippen LogP contribution is 2.12. The summed E-state index contributed by atoms with van der Waals surface area (Å²) in [4.78, 5) is 29.4. The van der Waals surface area contributed by atoms with Crippen molar-refractivity contribution in [3.8, 4) is 0 Å². The van der Waals surface area contributed by atoms with Crippen LogP contribution in [-0.2, 0) is 21.0 Å². The number of hydrogen-bond acceptors (Lipinski definition) is 5. The smallest absolute Gasteiger partial charge is 0.323 e. The molecule has 0 spiro atoms. The van der Waals surface area contributed by atoms with Gasteiger partial charge in [-0.25, -0.2) is 5.48 Å². The zero-order valence-electron chi connectivity index (χ0n) is 14.1. The highest BCUT2D eigenvalue weighted by Gasteiger charge is 2.31. The number of benzene rings is 2. The Morgan fingerprint density at radius 1 is 1.04 bits per heavy atom. The van der Waals surface area contributed by atoms with E-state index in [0.29, 0.717) is 18.5 Å². The molecule has 0 saturated carbocycles. The lowest BCUT2D eigenvalue weighted by Crippen LogP contribution is -2.32. The van der Waals surface area contributed by atoms with Crippen LogP contribution in [0.4, 0.5) is 0 Å². The molecule has 1 fully saturated rings. The molecule has 0 unspecified atom stereocenters. The van der Waals surface area contributed by atoms with Crippen LogP contribution in [0.1, 0.15) is 22.3 Å². The predicted molar refractivity (Wildman–Crippen MR) is 98.7 cm³/mol. The molecule has 2 aromatic carbocycles. The maximum atomic E-state index is 12.1. The zero-order valence-corrected chi connectivity index (χ0v) is 14.9. The minimum absolute atomic E-state index is 0. The minimum atomic E-state index is -0.428. The van der Waals surface area contributed by atoms with Gasteiger partial charge in [-0.3, -0.25) is 14.4 Å². The second-order valence-corrected chi connectivity index (χ2v) is 5.83.